The molecule has 7 heteroatoms. The Bertz CT molecular complexity index is 843. The summed E-state index contributed by atoms with van der Waals surface area (Å²) >= 11 is 11.8. The van der Waals surface area contributed by atoms with E-state index in [0.29, 0.717) is 39.3 Å². The van der Waals surface area contributed by atoms with Gasteiger partial charge in [-0.15, -0.1) is 0 Å². The Morgan fingerprint density at radius 1 is 1.27 bits per heavy atom. The van der Waals surface area contributed by atoms with E-state index in [1.165, 1.54) is 6.20 Å². The van der Waals surface area contributed by atoms with Gasteiger partial charge in [0.2, 0.25) is 0 Å². The molecule has 3 heterocycles. The van der Waals surface area contributed by atoms with Crippen molar-refractivity contribution in [2.45, 2.75) is 13.3 Å². The molecule has 0 aliphatic heterocycles. The number of carbonyl (C=O) groups excluding carboxylic acids is 1. The molecule has 0 spiro atoms. The van der Waals surface area contributed by atoms with Crippen molar-refractivity contribution >= 4 is 40.6 Å². The van der Waals surface area contributed by atoms with Crippen molar-refractivity contribution < 1.29 is 4.79 Å². The maximum Gasteiger partial charge on any atom is 0.275 e. The highest BCUT2D eigenvalue weighted by Gasteiger charge is 2.18. The summed E-state index contributed by atoms with van der Waals surface area (Å²) in [6.07, 6.45) is 3.84. The van der Waals surface area contributed by atoms with Gasteiger partial charge in [0.1, 0.15) is 17.2 Å². The number of imidazole rings is 1. The SMILES string of the molecule is CCc1nc2cc(Cl)ccn2c1C(=O)Nc1ccc(Cl)cn1. The molecule has 0 aliphatic rings. The van der Waals surface area contributed by atoms with Gasteiger partial charge in [-0.2, -0.15) is 0 Å². The number of rotatable bonds is 3. The highest BCUT2D eigenvalue weighted by Crippen LogP contribution is 2.19. The Morgan fingerprint density at radius 3 is 2.77 bits per heavy atom. The third-order valence-corrected chi connectivity index (χ3v) is 3.64. The molecule has 1 N–H and O–H groups in total. The van der Waals surface area contributed by atoms with Crippen LogP contribution in [0.5, 0.6) is 0 Å². The Balaban J connectivity index is 2.00. The summed E-state index contributed by atoms with van der Waals surface area (Å²) in [7, 11) is 0. The zero-order valence-electron chi connectivity index (χ0n) is 11.7. The summed E-state index contributed by atoms with van der Waals surface area (Å²) in [6, 6.07) is 6.75. The standard InChI is InChI=1S/C15H12Cl2N4O/c1-2-11-14(21-6-5-9(16)7-13(21)19-11)15(22)20-12-4-3-10(17)8-18-12/h3-8H,2H2,1H3,(H,18,20,22). The fourth-order valence-corrected chi connectivity index (χ4v) is 2.45. The maximum absolute atomic E-state index is 12.6. The normalized spacial score (nSPS) is 10.9. The molecule has 0 aromatic carbocycles. The van der Waals surface area contributed by atoms with Crippen molar-refractivity contribution in [2.75, 3.05) is 5.32 Å². The molecule has 3 rings (SSSR count). The highest BCUT2D eigenvalue weighted by molar-refractivity contribution is 6.31. The summed E-state index contributed by atoms with van der Waals surface area (Å²) in [4.78, 5) is 21.1. The number of fused-ring (bicyclic) bond motifs is 1. The lowest BCUT2D eigenvalue weighted by atomic mass is 10.2. The molecule has 0 atom stereocenters. The quantitative estimate of drug-likeness (QED) is 0.791. The zero-order chi connectivity index (χ0) is 15.7. The van der Waals surface area contributed by atoms with Crippen LogP contribution in [0.2, 0.25) is 10.0 Å². The lowest BCUT2D eigenvalue weighted by Gasteiger charge is -2.06. The predicted molar refractivity (Wildman–Crippen MR) is 86.8 cm³/mol. The number of aryl methyl sites for hydroxylation is 1. The first-order valence-electron chi connectivity index (χ1n) is 6.68. The number of pyridine rings is 2. The average molecular weight is 335 g/mol. The molecule has 0 aliphatic carbocycles. The Labute approximate surface area is 136 Å². The van der Waals surface area contributed by atoms with Gasteiger partial charge < -0.3 is 5.32 Å². The second-order valence-corrected chi connectivity index (χ2v) is 5.52. The highest BCUT2D eigenvalue weighted by atomic mass is 35.5. The Morgan fingerprint density at radius 2 is 2.09 bits per heavy atom. The molecule has 22 heavy (non-hydrogen) atoms. The van der Waals surface area contributed by atoms with Crippen molar-refractivity contribution in [3.63, 3.8) is 0 Å². The van der Waals surface area contributed by atoms with Crippen molar-refractivity contribution in [3.05, 3.63) is 58.1 Å². The lowest BCUT2D eigenvalue weighted by Crippen LogP contribution is -2.17. The lowest BCUT2D eigenvalue weighted by molar-refractivity contribution is 0.102. The van der Waals surface area contributed by atoms with E-state index in [-0.39, 0.29) is 5.91 Å². The van der Waals surface area contributed by atoms with Crippen LogP contribution in [-0.4, -0.2) is 20.3 Å². The van der Waals surface area contributed by atoms with Crippen molar-refractivity contribution in [2.24, 2.45) is 0 Å². The molecule has 112 valence electrons. The van der Waals surface area contributed by atoms with Crippen molar-refractivity contribution in [1.82, 2.24) is 14.4 Å². The summed E-state index contributed by atoms with van der Waals surface area (Å²) in [5.74, 6) is 0.155. The van der Waals surface area contributed by atoms with Crippen LogP contribution in [0.1, 0.15) is 23.1 Å². The van der Waals surface area contributed by atoms with Crippen LogP contribution in [0.4, 0.5) is 5.82 Å². The average Bonchev–Trinajstić information content (AvgIpc) is 2.87. The first kappa shape index (κ1) is 14.8. The van der Waals surface area contributed by atoms with E-state index in [0.717, 1.165) is 0 Å². The van der Waals surface area contributed by atoms with E-state index in [1.54, 1.807) is 34.9 Å². The van der Waals surface area contributed by atoms with Crippen LogP contribution in [0.25, 0.3) is 5.65 Å². The predicted octanol–water partition coefficient (Wildman–Crippen LogP) is 3.85. The van der Waals surface area contributed by atoms with E-state index in [2.05, 4.69) is 15.3 Å². The molecule has 3 aromatic rings. The monoisotopic (exact) mass is 334 g/mol. The number of hydrogen-bond donors (Lipinski definition) is 1. The van der Waals surface area contributed by atoms with E-state index in [4.69, 9.17) is 23.2 Å². The number of anilines is 1. The first-order valence-corrected chi connectivity index (χ1v) is 7.43. The third kappa shape index (κ3) is 2.77. The van der Waals surface area contributed by atoms with Gasteiger partial charge in [-0.25, -0.2) is 9.97 Å². The topological polar surface area (TPSA) is 59.3 Å². The van der Waals surface area contributed by atoms with E-state index >= 15 is 0 Å². The zero-order valence-corrected chi connectivity index (χ0v) is 13.2. The number of hydrogen-bond acceptors (Lipinski definition) is 3. The molecule has 0 saturated carbocycles. The van der Waals surface area contributed by atoms with Crippen LogP contribution < -0.4 is 5.32 Å². The molecule has 3 aromatic heterocycles. The number of nitrogens with zero attached hydrogens (tertiary/aromatic N) is 3. The van der Waals surface area contributed by atoms with Crippen molar-refractivity contribution in [1.29, 1.82) is 0 Å². The summed E-state index contributed by atoms with van der Waals surface area (Å²) in [6.45, 7) is 1.95. The van der Waals surface area contributed by atoms with Gasteiger partial charge in [0.15, 0.2) is 0 Å². The number of amides is 1. The van der Waals surface area contributed by atoms with Gasteiger partial charge >= 0.3 is 0 Å². The Hall–Kier alpha value is -2.11. The van der Waals surface area contributed by atoms with E-state index in [9.17, 15) is 4.79 Å². The van der Waals surface area contributed by atoms with Gasteiger partial charge in [-0.05, 0) is 24.6 Å². The molecule has 0 bridgehead atoms. The molecule has 1 amide bonds. The molecule has 0 unspecified atom stereocenters. The third-order valence-electron chi connectivity index (χ3n) is 3.18. The van der Waals surface area contributed by atoms with Gasteiger partial charge in [0, 0.05) is 23.5 Å². The van der Waals surface area contributed by atoms with E-state index < -0.39 is 0 Å². The summed E-state index contributed by atoms with van der Waals surface area (Å²) in [5.41, 5.74) is 1.82. The second-order valence-electron chi connectivity index (χ2n) is 4.65. The van der Waals surface area contributed by atoms with Crippen LogP contribution in [-0.2, 0) is 6.42 Å². The minimum absolute atomic E-state index is 0.276. The molecule has 0 radical (unpaired) electrons. The number of nitrogens with one attached hydrogen (secondary N) is 1. The largest absolute Gasteiger partial charge is 0.305 e. The van der Waals surface area contributed by atoms with Gasteiger partial charge in [-0.1, -0.05) is 30.1 Å². The smallest absolute Gasteiger partial charge is 0.275 e. The molecule has 5 nitrogen and oxygen atoms in total. The fourth-order valence-electron chi connectivity index (χ4n) is 2.18. The number of aromatic nitrogens is 3. The van der Waals surface area contributed by atoms with Crippen LogP contribution in [0, 0.1) is 0 Å². The number of halogens is 2. The summed E-state index contributed by atoms with van der Waals surface area (Å²) < 4.78 is 1.72. The second kappa shape index (κ2) is 5.94. The van der Waals surface area contributed by atoms with Crippen LogP contribution in [0.15, 0.2) is 36.7 Å². The van der Waals surface area contributed by atoms with Crippen molar-refractivity contribution in [3.8, 4) is 0 Å². The fraction of sp³-hybridized carbons (Fsp3) is 0.133. The molecular formula is C15H12Cl2N4O. The van der Waals surface area contributed by atoms with E-state index in [1.807, 2.05) is 6.92 Å². The number of carbonyl (C=O) groups is 1. The molecule has 0 fully saturated rings. The first-order chi connectivity index (χ1) is 10.6. The van der Waals surface area contributed by atoms with Gasteiger partial charge in [0.25, 0.3) is 5.91 Å². The minimum atomic E-state index is -0.276. The molecule has 0 saturated heterocycles. The minimum Gasteiger partial charge on any atom is -0.305 e. The molecular weight excluding hydrogens is 323 g/mol. The van der Waals surface area contributed by atoms with Gasteiger partial charge in [-0.3, -0.25) is 9.20 Å². The Kier molecular flexibility index (Phi) is 4.00. The van der Waals surface area contributed by atoms with Gasteiger partial charge in [0.05, 0.1) is 10.7 Å². The summed E-state index contributed by atoms with van der Waals surface area (Å²) in [5, 5.41) is 3.84. The van der Waals surface area contributed by atoms with Crippen LogP contribution >= 0.6 is 23.2 Å². The van der Waals surface area contributed by atoms with Crippen LogP contribution in [0.3, 0.4) is 0 Å². The maximum atomic E-state index is 12.6.